The fraction of sp³-hybridized carbons (Fsp3) is 0.407. The first-order chi connectivity index (χ1) is 15.9. The van der Waals surface area contributed by atoms with E-state index >= 15 is 0 Å². The fourth-order valence-corrected chi connectivity index (χ4v) is 4.23. The number of nitrogens with one attached hydrogen (secondary N) is 3. The van der Waals surface area contributed by atoms with Crippen molar-refractivity contribution in [2.45, 2.75) is 45.2 Å². The summed E-state index contributed by atoms with van der Waals surface area (Å²) < 4.78 is 0. The van der Waals surface area contributed by atoms with Gasteiger partial charge in [0.25, 0.3) is 0 Å². The van der Waals surface area contributed by atoms with Crippen LogP contribution in [0.5, 0.6) is 0 Å². The van der Waals surface area contributed by atoms with Gasteiger partial charge in [-0.15, -0.1) is 0 Å². The van der Waals surface area contributed by atoms with E-state index in [1.165, 1.54) is 10.9 Å². The van der Waals surface area contributed by atoms with E-state index in [1.54, 1.807) is 19.0 Å². The van der Waals surface area contributed by atoms with Crippen molar-refractivity contribution in [1.29, 1.82) is 0 Å². The lowest BCUT2D eigenvalue weighted by molar-refractivity contribution is -0.140. The molecule has 1 aromatic heterocycles. The molecule has 0 aliphatic rings. The summed E-state index contributed by atoms with van der Waals surface area (Å²) in [4.78, 5) is 31.4. The van der Waals surface area contributed by atoms with Crippen LogP contribution in [-0.2, 0) is 22.4 Å². The van der Waals surface area contributed by atoms with Gasteiger partial charge in [0.1, 0.15) is 6.04 Å². The van der Waals surface area contributed by atoms with Gasteiger partial charge in [0.05, 0.1) is 6.04 Å². The highest BCUT2D eigenvalue weighted by atomic mass is 16.2. The van der Waals surface area contributed by atoms with Gasteiger partial charge in [-0.05, 0) is 43.0 Å². The summed E-state index contributed by atoms with van der Waals surface area (Å²) in [7, 11) is 3.53. The lowest BCUT2D eigenvalue weighted by atomic mass is 10.00. The molecule has 0 saturated carbocycles. The van der Waals surface area contributed by atoms with E-state index in [-0.39, 0.29) is 17.9 Å². The number of aromatic amines is 1. The Balaban J connectivity index is 1.70. The SMILES string of the molecule is CNC(CC(C)C)C(=O)N(C)C(Cc1ccccc1)C(=O)NCCc1c[nH]c2ccccc12. The Morgan fingerprint density at radius 3 is 2.42 bits per heavy atom. The molecule has 2 amide bonds. The second kappa shape index (κ2) is 11.7. The van der Waals surface area contributed by atoms with Crippen LogP contribution in [0.3, 0.4) is 0 Å². The lowest BCUT2D eigenvalue weighted by Gasteiger charge is -2.31. The maximum absolute atomic E-state index is 13.3. The van der Waals surface area contributed by atoms with Gasteiger partial charge in [0.15, 0.2) is 0 Å². The van der Waals surface area contributed by atoms with E-state index < -0.39 is 6.04 Å². The number of H-pyrrole nitrogens is 1. The van der Waals surface area contributed by atoms with Gasteiger partial charge in [0.2, 0.25) is 11.8 Å². The molecule has 0 spiro atoms. The largest absolute Gasteiger partial charge is 0.361 e. The molecule has 0 bridgehead atoms. The summed E-state index contributed by atoms with van der Waals surface area (Å²) in [6.45, 7) is 4.70. The predicted molar refractivity (Wildman–Crippen MR) is 134 cm³/mol. The molecular formula is C27H36N4O2. The lowest BCUT2D eigenvalue weighted by Crippen LogP contribution is -2.54. The molecule has 3 N–H and O–H groups in total. The zero-order chi connectivity index (χ0) is 23.8. The van der Waals surface area contributed by atoms with E-state index in [9.17, 15) is 9.59 Å². The second-order valence-electron chi connectivity index (χ2n) is 9.03. The van der Waals surface area contributed by atoms with E-state index in [0.29, 0.717) is 18.9 Å². The summed E-state index contributed by atoms with van der Waals surface area (Å²) in [5, 5.41) is 7.37. The molecule has 0 aliphatic heterocycles. The van der Waals surface area contributed by atoms with Crippen LogP contribution in [0.2, 0.25) is 0 Å². The van der Waals surface area contributed by atoms with Gasteiger partial charge in [-0.1, -0.05) is 62.4 Å². The van der Waals surface area contributed by atoms with Crippen LogP contribution < -0.4 is 10.6 Å². The van der Waals surface area contributed by atoms with Crippen molar-refractivity contribution >= 4 is 22.7 Å². The Labute approximate surface area is 196 Å². The highest BCUT2D eigenvalue weighted by Gasteiger charge is 2.31. The van der Waals surface area contributed by atoms with Crippen LogP contribution in [0.25, 0.3) is 10.9 Å². The number of para-hydroxylation sites is 1. The number of benzene rings is 2. The molecule has 0 fully saturated rings. The summed E-state index contributed by atoms with van der Waals surface area (Å²) >= 11 is 0. The van der Waals surface area contributed by atoms with Crippen LogP contribution in [0, 0.1) is 5.92 Å². The molecule has 0 radical (unpaired) electrons. The molecule has 33 heavy (non-hydrogen) atoms. The van der Waals surface area contributed by atoms with E-state index in [1.807, 2.05) is 54.7 Å². The van der Waals surface area contributed by atoms with Crippen LogP contribution in [-0.4, -0.2) is 54.4 Å². The van der Waals surface area contributed by atoms with Crippen molar-refractivity contribution in [1.82, 2.24) is 20.5 Å². The molecule has 6 heteroatoms. The maximum atomic E-state index is 13.3. The van der Waals surface area contributed by atoms with Crippen molar-refractivity contribution in [3.05, 3.63) is 71.9 Å². The topological polar surface area (TPSA) is 77.2 Å². The van der Waals surface area contributed by atoms with Gasteiger partial charge in [-0.3, -0.25) is 9.59 Å². The zero-order valence-electron chi connectivity index (χ0n) is 20.1. The minimum absolute atomic E-state index is 0.0566. The number of likely N-dealkylation sites (N-methyl/N-ethyl adjacent to an activating group) is 2. The molecule has 3 rings (SSSR count). The van der Waals surface area contributed by atoms with E-state index in [2.05, 4.69) is 35.5 Å². The van der Waals surface area contributed by atoms with E-state index in [4.69, 9.17) is 0 Å². The quantitative estimate of drug-likeness (QED) is 0.420. The monoisotopic (exact) mass is 448 g/mol. The van der Waals surface area contributed by atoms with Gasteiger partial charge in [0, 0.05) is 37.1 Å². The summed E-state index contributed by atoms with van der Waals surface area (Å²) in [6.07, 6.45) is 3.91. The Morgan fingerprint density at radius 2 is 1.73 bits per heavy atom. The Hall–Kier alpha value is -3.12. The number of carbonyl (C=O) groups is 2. The Kier molecular flexibility index (Phi) is 8.66. The first-order valence-corrected chi connectivity index (χ1v) is 11.7. The number of hydrogen-bond acceptors (Lipinski definition) is 3. The number of fused-ring (bicyclic) bond motifs is 1. The average Bonchev–Trinajstić information content (AvgIpc) is 3.23. The molecular weight excluding hydrogens is 412 g/mol. The van der Waals surface area contributed by atoms with E-state index in [0.717, 1.165) is 23.9 Å². The minimum atomic E-state index is -0.578. The number of amides is 2. The third-order valence-corrected chi connectivity index (χ3v) is 6.11. The normalized spacial score (nSPS) is 13.1. The molecule has 2 unspecified atom stereocenters. The first-order valence-electron chi connectivity index (χ1n) is 11.7. The van der Waals surface area contributed by atoms with Gasteiger partial charge in [-0.2, -0.15) is 0 Å². The molecule has 2 aromatic carbocycles. The van der Waals surface area contributed by atoms with Crippen LogP contribution in [0.4, 0.5) is 0 Å². The third kappa shape index (κ3) is 6.45. The van der Waals surface area contributed by atoms with Crippen LogP contribution >= 0.6 is 0 Å². The summed E-state index contributed by atoms with van der Waals surface area (Å²) in [6, 6.07) is 17.1. The standard InChI is InChI=1S/C27H36N4O2/c1-19(2)16-24(28-3)27(33)31(4)25(17-20-10-6-5-7-11-20)26(32)29-15-14-21-18-30-23-13-9-8-12-22(21)23/h5-13,18-19,24-25,28,30H,14-17H2,1-4H3,(H,29,32). The number of carbonyl (C=O) groups excluding carboxylic acids is 2. The number of nitrogens with zero attached hydrogens (tertiary/aromatic N) is 1. The van der Waals surface area contributed by atoms with Crippen molar-refractivity contribution in [3.63, 3.8) is 0 Å². The highest BCUT2D eigenvalue weighted by molar-refractivity contribution is 5.90. The van der Waals surface area contributed by atoms with Crippen molar-refractivity contribution in [3.8, 4) is 0 Å². The highest BCUT2D eigenvalue weighted by Crippen LogP contribution is 2.18. The molecule has 2 atom stereocenters. The van der Waals surface area contributed by atoms with Crippen LogP contribution in [0.15, 0.2) is 60.8 Å². The molecule has 0 saturated heterocycles. The first kappa shape index (κ1) is 24.5. The number of rotatable bonds is 11. The van der Waals surface area contributed by atoms with Gasteiger partial charge in [-0.25, -0.2) is 0 Å². The molecule has 3 aromatic rings. The maximum Gasteiger partial charge on any atom is 0.243 e. The second-order valence-corrected chi connectivity index (χ2v) is 9.03. The van der Waals surface area contributed by atoms with Gasteiger partial charge < -0.3 is 20.5 Å². The molecule has 176 valence electrons. The van der Waals surface area contributed by atoms with Gasteiger partial charge >= 0.3 is 0 Å². The number of hydrogen-bond donors (Lipinski definition) is 3. The van der Waals surface area contributed by atoms with Crippen molar-refractivity contribution < 1.29 is 9.59 Å². The Morgan fingerprint density at radius 1 is 1.03 bits per heavy atom. The zero-order valence-corrected chi connectivity index (χ0v) is 20.1. The fourth-order valence-electron chi connectivity index (χ4n) is 4.23. The molecule has 0 aliphatic carbocycles. The smallest absolute Gasteiger partial charge is 0.243 e. The number of aromatic nitrogens is 1. The van der Waals surface area contributed by atoms with Crippen LogP contribution in [0.1, 0.15) is 31.4 Å². The summed E-state index contributed by atoms with van der Waals surface area (Å²) in [5.74, 6) is 0.185. The molecule has 6 nitrogen and oxygen atoms in total. The third-order valence-electron chi connectivity index (χ3n) is 6.11. The Bertz CT molecular complexity index is 1040. The summed E-state index contributed by atoms with van der Waals surface area (Å²) in [5.41, 5.74) is 3.29. The molecule has 1 heterocycles. The minimum Gasteiger partial charge on any atom is -0.361 e. The predicted octanol–water partition coefficient (Wildman–Crippen LogP) is 3.53. The average molecular weight is 449 g/mol. The van der Waals surface area contributed by atoms with Crippen molar-refractivity contribution in [2.24, 2.45) is 5.92 Å². The van der Waals surface area contributed by atoms with Crippen molar-refractivity contribution in [2.75, 3.05) is 20.6 Å².